The summed E-state index contributed by atoms with van der Waals surface area (Å²) >= 11 is 0. The van der Waals surface area contributed by atoms with Crippen molar-refractivity contribution in [2.45, 2.75) is 24.9 Å². The lowest BCUT2D eigenvalue weighted by Gasteiger charge is -2.36. The van der Waals surface area contributed by atoms with Crippen LogP contribution in [0.5, 0.6) is 5.75 Å². The number of nitrogens with two attached hydrogens (primary N) is 1. The Bertz CT molecular complexity index is 1360. The van der Waals surface area contributed by atoms with Gasteiger partial charge in [0.05, 0.1) is 18.7 Å². The molecule has 3 aromatic rings. The number of rotatable bonds is 6. The maximum atomic E-state index is 14.2. The molecule has 2 N–H and O–H groups in total. The number of nitrogens with zero attached hydrogens (tertiary/aromatic N) is 2. The fourth-order valence-electron chi connectivity index (χ4n) is 5.57. The summed E-state index contributed by atoms with van der Waals surface area (Å²) in [7, 11) is 0. The molecular formula is C29H25N3O3. The van der Waals surface area contributed by atoms with Gasteiger partial charge >= 0.3 is 0 Å². The molecule has 6 heteroatoms. The molecule has 1 fully saturated rings. The molecule has 3 aromatic carbocycles. The summed E-state index contributed by atoms with van der Waals surface area (Å²) in [6.45, 7) is 2.26. The topological polar surface area (TPSA) is 96.4 Å². The number of hydrogen-bond donors (Lipinski definition) is 1. The highest BCUT2D eigenvalue weighted by molar-refractivity contribution is 6.06. The molecular weight excluding hydrogens is 438 g/mol. The van der Waals surface area contributed by atoms with Crippen molar-refractivity contribution in [3.63, 3.8) is 0 Å². The predicted molar refractivity (Wildman–Crippen MR) is 134 cm³/mol. The second-order valence-corrected chi connectivity index (χ2v) is 8.74. The van der Waals surface area contributed by atoms with E-state index in [1.165, 1.54) is 0 Å². The SMILES string of the molecule is CCOc1ccccc1[C@@H]1[C@H](C(=O)c2ccccc2)N2c3ccccc3C=C[C@H]2[C@]1(C#N)C(N)=O. The van der Waals surface area contributed by atoms with Crippen molar-refractivity contribution in [2.24, 2.45) is 11.1 Å². The predicted octanol–water partition coefficient (Wildman–Crippen LogP) is 4.33. The zero-order valence-corrected chi connectivity index (χ0v) is 19.3. The maximum Gasteiger partial charge on any atom is 0.241 e. The van der Waals surface area contributed by atoms with Gasteiger partial charge in [0.2, 0.25) is 5.91 Å². The summed E-state index contributed by atoms with van der Waals surface area (Å²) in [5.74, 6) is -1.28. The van der Waals surface area contributed by atoms with Gasteiger partial charge in [-0.1, -0.05) is 78.9 Å². The molecule has 0 aliphatic carbocycles. The molecule has 0 aromatic heterocycles. The summed E-state index contributed by atoms with van der Waals surface area (Å²) in [6.07, 6.45) is 3.72. The highest BCUT2D eigenvalue weighted by Gasteiger charge is 2.66. The van der Waals surface area contributed by atoms with E-state index in [-0.39, 0.29) is 5.78 Å². The Hall–Kier alpha value is -4.37. The minimum Gasteiger partial charge on any atom is -0.494 e. The first-order valence-electron chi connectivity index (χ1n) is 11.6. The number of carbonyl (C=O) groups excluding carboxylic acids is 2. The number of anilines is 1. The molecule has 0 unspecified atom stereocenters. The van der Waals surface area contributed by atoms with Crippen LogP contribution in [0.3, 0.4) is 0 Å². The van der Waals surface area contributed by atoms with Crippen LogP contribution in [-0.2, 0) is 4.79 Å². The average molecular weight is 464 g/mol. The van der Waals surface area contributed by atoms with E-state index in [0.29, 0.717) is 23.5 Å². The molecule has 2 aliphatic heterocycles. The summed E-state index contributed by atoms with van der Waals surface area (Å²) in [5, 5.41) is 10.6. The van der Waals surface area contributed by atoms with E-state index in [2.05, 4.69) is 6.07 Å². The van der Waals surface area contributed by atoms with Crippen LogP contribution in [-0.4, -0.2) is 30.4 Å². The van der Waals surface area contributed by atoms with E-state index in [1.54, 1.807) is 30.3 Å². The summed E-state index contributed by atoms with van der Waals surface area (Å²) in [4.78, 5) is 29.4. The fourth-order valence-corrected chi connectivity index (χ4v) is 5.57. The van der Waals surface area contributed by atoms with Crippen molar-refractivity contribution in [2.75, 3.05) is 11.5 Å². The van der Waals surface area contributed by atoms with Crippen molar-refractivity contribution >= 4 is 23.5 Å². The van der Waals surface area contributed by atoms with Crippen molar-refractivity contribution in [3.8, 4) is 11.8 Å². The van der Waals surface area contributed by atoms with E-state index in [4.69, 9.17) is 10.5 Å². The van der Waals surface area contributed by atoms with Crippen LogP contribution < -0.4 is 15.4 Å². The number of amides is 1. The first-order chi connectivity index (χ1) is 17.0. The van der Waals surface area contributed by atoms with Gasteiger partial charge in [0.1, 0.15) is 11.8 Å². The molecule has 0 spiro atoms. The van der Waals surface area contributed by atoms with Crippen LogP contribution in [0.15, 0.2) is 84.9 Å². The first-order valence-corrected chi connectivity index (χ1v) is 11.6. The van der Waals surface area contributed by atoms with Crippen LogP contribution in [0.2, 0.25) is 0 Å². The van der Waals surface area contributed by atoms with Gasteiger partial charge in [0, 0.05) is 22.7 Å². The van der Waals surface area contributed by atoms with Crippen molar-refractivity contribution < 1.29 is 14.3 Å². The van der Waals surface area contributed by atoms with Crippen LogP contribution in [0.1, 0.15) is 34.3 Å². The Balaban J connectivity index is 1.83. The first kappa shape index (κ1) is 22.4. The third kappa shape index (κ3) is 3.31. The largest absolute Gasteiger partial charge is 0.494 e. The smallest absolute Gasteiger partial charge is 0.241 e. The second-order valence-electron chi connectivity index (χ2n) is 8.74. The highest BCUT2D eigenvalue weighted by atomic mass is 16.5. The number of nitriles is 1. The second kappa shape index (κ2) is 8.77. The van der Waals surface area contributed by atoms with Crippen LogP contribution in [0, 0.1) is 16.7 Å². The zero-order chi connectivity index (χ0) is 24.6. The minimum absolute atomic E-state index is 0.185. The Morgan fingerprint density at radius 2 is 1.71 bits per heavy atom. The van der Waals surface area contributed by atoms with E-state index in [9.17, 15) is 14.9 Å². The molecule has 35 heavy (non-hydrogen) atoms. The third-order valence-corrected chi connectivity index (χ3v) is 7.02. The van der Waals surface area contributed by atoms with E-state index in [0.717, 1.165) is 11.3 Å². The van der Waals surface area contributed by atoms with Crippen LogP contribution in [0.4, 0.5) is 5.69 Å². The Kier molecular flexibility index (Phi) is 5.62. The Morgan fingerprint density at radius 1 is 1.03 bits per heavy atom. The number of hydrogen-bond acceptors (Lipinski definition) is 5. The van der Waals surface area contributed by atoms with Crippen molar-refractivity contribution in [1.82, 2.24) is 0 Å². The molecule has 6 nitrogen and oxygen atoms in total. The highest BCUT2D eigenvalue weighted by Crippen LogP contribution is 2.57. The van der Waals surface area contributed by atoms with Crippen molar-refractivity contribution in [1.29, 1.82) is 5.26 Å². The van der Waals surface area contributed by atoms with Gasteiger partial charge in [-0.2, -0.15) is 5.26 Å². The average Bonchev–Trinajstić information content (AvgIpc) is 3.21. The molecule has 5 rings (SSSR count). The monoisotopic (exact) mass is 463 g/mol. The Labute approximate surface area is 204 Å². The molecule has 4 atom stereocenters. The number of benzene rings is 3. The lowest BCUT2D eigenvalue weighted by atomic mass is 9.67. The Morgan fingerprint density at radius 3 is 2.43 bits per heavy atom. The molecule has 2 heterocycles. The van der Waals surface area contributed by atoms with E-state index < -0.39 is 29.3 Å². The lowest BCUT2D eigenvalue weighted by molar-refractivity contribution is -0.125. The van der Waals surface area contributed by atoms with Crippen molar-refractivity contribution in [3.05, 3.63) is 102 Å². The number of primary amides is 1. The van der Waals surface area contributed by atoms with Gasteiger partial charge in [-0.25, -0.2) is 0 Å². The van der Waals surface area contributed by atoms with Gasteiger partial charge in [0.15, 0.2) is 11.2 Å². The summed E-state index contributed by atoms with van der Waals surface area (Å²) < 4.78 is 5.91. The fraction of sp³-hybridized carbons (Fsp3) is 0.207. The number of Topliss-reactive ketones (excluding diaryl/α,β-unsaturated/α-hetero) is 1. The third-order valence-electron chi connectivity index (χ3n) is 7.02. The molecule has 174 valence electrons. The molecule has 1 saturated heterocycles. The van der Waals surface area contributed by atoms with Gasteiger partial charge in [-0.15, -0.1) is 0 Å². The lowest BCUT2D eigenvalue weighted by Crippen LogP contribution is -2.49. The maximum absolute atomic E-state index is 14.2. The van der Waals surface area contributed by atoms with Gasteiger partial charge < -0.3 is 15.4 Å². The quantitative estimate of drug-likeness (QED) is 0.549. The van der Waals surface area contributed by atoms with E-state index >= 15 is 0 Å². The molecule has 0 radical (unpaired) electrons. The van der Waals surface area contributed by atoms with Gasteiger partial charge in [-0.05, 0) is 24.6 Å². The number of fused-ring (bicyclic) bond motifs is 3. The summed E-state index contributed by atoms with van der Waals surface area (Å²) in [5.41, 5.74) is 7.15. The van der Waals surface area contributed by atoms with Gasteiger partial charge in [-0.3, -0.25) is 9.59 Å². The number of ketones is 1. The molecule has 1 amide bonds. The van der Waals surface area contributed by atoms with E-state index in [1.807, 2.05) is 72.5 Å². The zero-order valence-electron chi connectivity index (χ0n) is 19.3. The standard InChI is InChI=1S/C29H25N3O3/c1-2-35-23-15-9-7-13-21(23)25-26(27(33)20-11-4-3-5-12-20)32-22-14-8-6-10-19(22)16-17-24(32)29(25,18-30)28(31)34/h3-17,24-26H,2H2,1H3,(H2,31,34)/t24-,25+,26+,29-/m0/s1. The number of carbonyl (C=O) groups is 2. The van der Waals surface area contributed by atoms with Crippen LogP contribution in [0.25, 0.3) is 6.08 Å². The molecule has 0 bridgehead atoms. The summed E-state index contributed by atoms with van der Waals surface area (Å²) in [6, 6.07) is 24.6. The van der Waals surface area contributed by atoms with Crippen LogP contribution >= 0.6 is 0 Å². The van der Waals surface area contributed by atoms with Gasteiger partial charge in [0.25, 0.3) is 0 Å². The normalized spacial score (nSPS) is 24.2. The molecule has 2 aliphatic rings. The minimum atomic E-state index is -1.70. The number of para-hydroxylation sites is 2. The number of ether oxygens (including phenoxy) is 1. The molecule has 0 saturated carbocycles.